The monoisotopic (exact) mass is 1050 g/mol. The van der Waals surface area contributed by atoms with Crippen LogP contribution in [0.1, 0.15) is 118 Å². The molecule has 0 bridgehead atoms. The van der Waals surface area contributed by atoms with E-state index in [0.717, 1.165) is 59.3 Å². The van der Waals surface area contributed by atoms with Gasteiger partial charge in [0, 0.05) is 27.2 Å². The van der Waals surface area contributed by atoms with Gasteiger partial charge in [0.25, 0.3) is 0 Å². The Morgan fingerprint density at radius 1 is 0.438 bits per heavy atom. The largest absolute Gasteiger partial charge is 0.394 e. The summed E-state index contributed by atoms with van der Waals surface area (Å²) in [6.45, 7) is 2.04. The van der Waals surface area contributed by atoms with Crippen molar-refractivity contribution in [1.29, 1.82) is 0 Å². The third kappa shape index (κ3) is 18.3. The molecule has 0 radical (unpaired) electrons. The van der Waals surface area contributed by atoms with Crippen molar-refractivity contribution in [3.05, 3.63) is 12.2 Å². The van der Waals surface area contributed by atoms with Crippen molar-refractivity contribution < 1.29 is 103 Å². The van der Waals surface area contributed by atoms with Gasteiger partial charge in [0.15, 0.2) is 25.2 Å². The molecular formula is C48H84N4O21. The van der Waals surface area contributed by atoms with Crippen molar-refractivity contribution in [3.63, 3.8) is 0 Å². The number of hydrogen-bond donors (Lipinski definition) is 14. The smallest absolute Gasteiger partial charge is 0.220 e. The van der Waals surface area contributed by atoms with Crippen LogP contribution in [0.4, 0.5) is 0 Å². The van der Waals surface area contributed by atoms with Gasteiger partial charge >= 0.3 is 0 Å². The predicted molar refractivity (Wildman–Crippen MR) is 254 cm³/mol. The lowest BCUT2D eigenvalue weighted by atomic mass is 9.93. The third-order valence-electron chi connectivity index (χ3n) is 13.4. The van der Waals surface area contributed by atoms with Gasteiger partial charge in [-0.1, -0.05) is 70.4 Å². The Balaban J connectivity index is 1.44. The molecule has 0 aromatic heterocycles. The maximum absolute atomic E-state index is 13.3. The van der Waals surface area contributed by atoms with Gasteiger partial charge < -0.3 is 105 Å². The fourth-order valence-corrected chi connectivity index (χ4v) is 9.55. The molecule has 4 saturated heterocycles. The standard InChI is InChI=1S/C48H84N4O21/c1-5-6-7-8-9-10-11-12-13-14-15-16-17-18-19-20-32(60)52-34-38(62)37(61)28(21-53)68-46(34)72-43-30(23-55)70-48(36(40(43)64)51-27(4)59)73-44-31(24-56)69-47(35(41(44)65)50-26(3)58)71-42-29(22-54)67-45(66)33(39(42)63)49-25(2)57/h12-13,28-31,33-48,53-56,61-66H,5-11,14-24H2,1-4H3,(H,49,57)(H,50,58)(H,51,59)(H,52,60)/b13-12-/t28-,29-,30-,31-,33-,34?,35-,36-,37-,38-,39?,40?,41-,42-,43-,44-,45-,46+,47+,48+/m1/s1. The van der Waals surface area contributed by atoms with Crippen molar-refractivity contribution in [3.8, 4) is 0 Å². The first-order chi connectivity index (χ1) is 34.9. The second kappa shape index (κ2) is 31.9. The first-order valence-electron chi connectivity index (χ1n) is 25.8. The first-order valence-corrected chi connectivity index (χ1v) is 25.8. The number of aliphatic hydroxyl groups excluding tert-OH is 10. The third-order valence-corrected chi connectivity index (χ3v) is 13.4. The number of hydrogen-bond acceptors (Lipinski definition) is 21. The molecule has 4 heterocycles. The summed E-state index contributed by atoms with van der Waals surface area (Å²) in [6, 6.07) is -6.17. The second-order valence-electron chi connectivity index (χ2n) is 19.3. The number of unbranched alkanes of at least 4 members (excludes halogenated alkanes) is 11. The normalized spacial score (nSPS) is 36.9. The number of nitrogens with one attached hydrogen (secondary N) is 4. The Morgan fingerprint density at radius 2 is 0.795 bits per heavy atom. The van der Waals surface area contributed by atoms with Gasteiger partial charge in [-0.2, -0.15) is 0 Å². The van der Waals surface area contributed by atoms with E-state index in [9.17, 15) is 70.2 Å². The van der Waals surface area contributed by atoms with Crippen LogP contribution in [0, 0.1) is 0 Å². The molecule has 3 unspecified atom stereocenters. The van der Waals surface area contributed by atoms with E-state index < -0.39 is 173 Å². The Labute approximate surface area is 426 Å². The van der Waals surface area contributed by atoms with Gasteiger partial charge in [-0.05, 0) is 32.1 Å². The van der Waals surface area contributed by atoms with Crippen molar-refractivity contribution in [1.82, 2.24) is 21.3 Å². The van der Waals surface area contributed by atoms with Crippen LogP contribution < -0.4 is 21.3 Å². The molecule has 4 fully saturated rings. The highest BCUT2D eigenvalue weighted by Gasteiger charge is 2.56. The summed E-state index contributed by atoms with van der Waals surface area (Å²) in [4.78, 5) is 50.3. The highest BCUT2D eigenvalue weighted by atomic mass is 16.8. The van der Waals surface area contributed by atoms with Crippen molar-refractivity contribution >= 4 is 23.6 Å². The molecule has 14 N–H and O–H groups in total. The average Bonchev–Trinajstić information content (AvgIpc) is 3.35. The molecule has 4 rings (SSSR count). The zero-order valence-electron chi connectivity index (χ0n) is 42.4. The van der Waals surface area contributed by atoms with Gasteiger partial charge in [-0.25, -0.2) is 0 Å². The molecule has 25 nitrogen and oxygen atoms in total. The van der Waals surface area contributed by atoms with Crippen LogP contribution >= 0.6 is 0 Å². The minimum atomic E-state index is -1.90. The Morgan fingerprint density at radius 3 is 1.22 bits per heavy atom. The number of ether oxygens (including phenoxy) is 7. The molecule has 4 amide bonds. The van der Waals surface area contributed by atoms with E-state index >= 15 is 0 Å². The van der Waals surface area contributed by atoms with E-state index in [2.05, 4.69) is 40.3 Å². The summed E-state index contributed by atoms with van der Waals surface area (Å²) in [6.07, 6.45) is -8.64. The van der Waals surface area contributed by atoms with Crippen molar-refractivity contribution in [2.45, 2.75) is 240 Å². The molecule has 4 aliphatic rings. The van der Waals surface area contributed by atoms with Crippen LogP contribution in [0.5, 0.6) is 0 Å². The van der Waals surface area contributed by atoms with Gasteiger partial charge in [-0.15, -0.1) is 0 Å². The number of carbonyl (C=O) groups is 4. The number of aliphatic hydroxyl groups is 10. The number of amides is 4. The summed E-state index contributed by atoms with van der Waals surface area (Å²) >= 11 is 0. The van der Waals surface area contributed by atoms with Gasteiger partial charge in [0.1, 0.15) is 97.4 Å². The average molecular weight is 1050 g/mol. The van der Waals surface area contributed by atoms with Crippen molar-refractivity contribution in [2.24, 2.45) is 0 Å². The van der Waals surface area contributed by atoms with E-state index in [-0.39, 0.29) is 6.42 Å². The fraction of sp³-hybridized carbons (Fsp3) is 0.875. The van der Waals surface area contributed by atoms with E-state index in [1.54, 1.807) is 0 Å². The van der Waals surface area contributed by atoms with E-state index in [0.29, 0.717) is 6.42 Å². The molecule has 73 heavy (non-hydrogen) atoms. The minimum Gasteiger partial charge on any atom is -0.394 e. The number of carbonyl (C=O) groups excluding carboxylic acids is 4. The zero-order valence-corrected chi connectivity index (χ0v) is 42.4. The first kappa shape index (κ1) is 62.5. The molecule has 0 saturated carbocycles. The highest BCUT2D eigenvalue weighted by molar-refractivity contribution is 5.76. The lowest BCUT2D eigenvalue weighted by Crippen LogP contribution is -2.71. The lowest BCUT2D eigenvalue weighted by molar-refractivity contribution is -0.362. The highest BCUT2D eigenvalue weighted by Crippen LogP contribution is 2.34. The molecule has 4 aliphatic heterocycles. The maximum Gasteiger partial charge on any atom is 0.220 e. The van der Waals surface area contributed by atoms with Crippen LogP contribution in [-0.4, -0.2) is 224 Å². The second-order valence-corrected chi connectivity index (χ2v) is 19.3. The van der Waals surface area contributed by atoms with Gasteiger partial charge in [0.2, 0.25) is 23.6 Å². The molecule has 0 aromatic carbocycles. The molecule has 0 spiro atoms. The molecule has 0 aromatic rings. The van der Waals surface area contributed by atoms with Crippen LogP contribution in [0.15, 0.2) is 12.2 Å². The predicted octanol–water partition coefficient (Wildman–Crippen LogP) is -3.16. The molecular weight excluding hydrogens is 969 g/mol. The molecule has 0 aliphatic carbocycles. The van der Waals surface area contributed by atoms with Gasteiger partial charge in [0.05, 0.1) is 26.4 Å². The number of rotatable bonds is 29. The number of allylic oxidation sites excluding steroid dienone is 2. The summed E-state index contributed by atoms with van der Waals surface area (Å²) in [5.41, 5.74) is 0. The Hall–Kier alpha value is -3.06. The quantitative estimate of drug-likeness (QED) is 0.0260. The molecule has 422 valence electrons. The SMILES string of the molecule is CCCCCCCC/C=C\CCCCCCCC(=O)NC1[C@H](O[C@H]2C(O)[C@@H](NC(C)=O)[C@H](O[C@H]3[C@H](O)[C@@H](NC(C)=O)[C@H](O[C@H]4C(O)[C@@H](NC(C)=O)[C@H](O)O[C@@H]4CO)O[C@@H]3CO)O[C@@H]2CO)O[C@H](CO)[C@@H](O)[C@@H]1O. The fourth-order valence-electron chi connectivity index (χ4n) is 9.55. The summed E-state index contributed by atoms with van der Waals surface area (Å²) in [5.74, 6) is -2.66. The molecule has 20 atom stereocenters. The van der Waals surface area contributed by atoms with Gasteiger partial charge in [-0.3, -0.25) is 19.2 Å². The molecule has 25 heteroatoms. The van der Waals surface area contributed by atoms with Crippen LogP contribution in [0.3, 0.4) is 0 Å². The summed E-state index contributed by atoms with van der Waals surface area (Å²) < 4.78 is 41.4. The Kier molecular flexibility index (Phi) is 27.3. The van der Waals surface area contributed by atoms with E-state index in [4.69, 9.17) is 33.2 Å². The van der Waals surface area contributed by atoms with Crippen LogP contribution in [-0.2, 0) is 52.3 Å². The lowest BCUT2D eigenvalue weighted by Gasteiger charge is -2.51. The van der Waals surface area contributed by atoms with E-state index in [1.807, 2.05) is 0 Å². The zero-order chi connectivity index (χ0) is 53.8. The van der Waals surface area contributed by atoms with Crippen molar-refractivity contribution in [2.75, 3.05) is 26.4 Å². The summed E-state index contributed by atoms with van der Waals surface area (Å²) in [5, 5.41) is 119. The Bertz CT molecular complexity index is 1690. The maximum atomic E-state index is 13.3. The topological polar surface area (TPSA) is 383 Å². The van der Waals surface area contributed by atoms with Crippen LogP contribution in [0.2, 0.25) is 0 Å². The summed E-state index contributed by atoms with van der Waals surface area (Å²) in [7, 11) is 0. The minimum absolute atomic E-state index is 0.0518. The van der Waals surface area contributed by atoms with Crippen LogP contribution in [0.25, 0.3) is 0 Å². The van der Waals surface area contributed by atoms with E-state index in [1.165, 1.54) is 38.5 Å².